The van der Waals surface area contributed by atoms with Crippen LogP contribution in [-0.4, -0.2) is 18.1 Å². The van der Waals surface area contributed by atoms with Crippen molar-refractivity contribution in [1.29, 1.82) is 0 Å². The SMILES string of the molecule is O=[P+]([O-])OCCO[P+](=O)O. The third kappa shape index (κ3) is 8.04. The average Bonchev–Trinajstić information content (AvgIpc) is 1.79. The van der Waals surface area contributed by atoms with Gasteiger partial charge in [-0.3, -0.25) is 0 Å². The van der Waals surface area contributed by atoms with E-state index in [0.717, 1.165) is 0 Å². The van der Waals surface area contributed by atoms with Crippen molar-refractivity contribution in [2.24, 2.45) is 0 Å². The Hall–Kier alpha value is 0.0400. The maximum absolute atomic E-state index is 9.76. The van der Waals surface area contributed by atoms with Gasteiger partial charge in [-0.25, -0.2) is 0 Å². The van der Waals surface area contributed by atoms with Crippen molar-refractivity contribution in [3.63, 3.8) is 0 Å². The van der Waals surface area contributed by atoms with Crippen LogP contribution in [0.1, 0.15) is 0 Å². The van der Waals surface area contributed by atoms with Gasteiger partial charge in [-0.2, -0.15) is 0 Å². The van der Waals surface area contributed by atoms with Crippen LogP contribution in [0.25, 0.3) is 0 Å². The first-order valence-corrected chi connectivity index (χ1v) is 4.42. The summed E-state index contributed by atoms with van der Waals surface area (Å²) in [5.41, 5.74) is 0. The van der Waals surface area contributed by atoms with Crippen LogP contribution >= 0.6 is 16.5 Å². The Bertz CT molecular complexity index is 118. The molecular weight excluding hydrogens is 182 g/mol. The molecule has 0 aliphatic carbocycles. The van der Waals surface area contributed by atoms with Crippen molar-refractivity contribution in [3.05, 3.63) is 0 Å². The summed E-state index contributed by atoms with van der Waals surface area (Å²) in [6, 6.07) is 0. The summed E-state index contributed by atoms with van der Waals surface area (Å²) in [6.07, 6.45) is 0. The van der Waals surface area contributed by atoms with Gasteiger partial charge in [0, 0.05) is 4.57 Å². The van der Waals surface area contributed by atoms with Crippen LogP contribution in [0.5, 0.6) is 0 Å². The Morgan fingerprint density at radius 3 is 2.20 bits per heavy atom. The van der Waals surface area contributed by atoms with Gasteiger partial charge in [-0.1, -0.05) is 0 Å². The van der Waals surface area contributed by atoms with Crippen molar-refractivity contribution in [3.8, 4) is 0 Å². The predicted octanol–water partition coefficient (Wildman–Crippen LogP) is -0.313. The lowest BCUT2D eigenvalue weighted by atomic mass is 10.8. The molecule has 0 bridgehead atoms. The van der Waals surface area contributed by atoms with Crippen LogP contribution in [0.15, 0.2) is 0 Å². The molecular formula is C2H5O6P2+. The summed E-state index contributed by atoms with van der Waals surface area (Å²) in [5, 5.41) is 0. The maximum atomic E-state index is 9.76. The number of hydrogen-bond donors (Lipinski definition) is 1. The number of rotatable bonds is 5. The van der Waals surface area contributed by atoms with E-state index >= 15 is 0 Å². The topological polar surface area (TPSA) is 95.9 Å². The van der Waals surface area contributed by atoms with E-state index in [1.54, 1.807) is 0 Å². The zero-order chi connectivity index (χ0) is 7.98. The van der Waals surface area contributed by atoms with Crippen molar-refractivity contribution >= 4 is 16.5 Å². The van der Waals surface area contributed by atoms with Gasteiger partial charge in [0.15, 0.2) is 0 Å². The molecule has 2 atom stereocenters. The van der Waals surface area contributed by atoms with Gasteiger partial charge in [0.25, 0.3) is 0 Å². The zero-order valence-corrected chi connectivity index (χ0v) is 6.59. The maximum Gasteiger partial charge on any atom is 0.694 e. The van der Waals surface area contributed by atoms with E-state index in [0.29, 0.717) is 0 Å². The summed E-state index contributed by atoms with van der Waals surface area (Å²) in [6.45, 7) is -0.449. The molecule has 0 aromatic heterocycles. The molecule has 0 fully saturated rings. The predicted molar refractivity (Wildman–Crippen MR) is 29.3 cm³/mol. The third-order valence-corrected chi connectivity index (χ3v) is 1.28. The second-order valence-electron chi connectivity index (χ2n) is 1.13. The summed E-state index contributed by atoms with van der Waals surface area (Å²) < 4.78 is 27.5. The standard InChI is InChI=1S/C2H4O6P2/c3-9(4)7-1-2-8-10(5)6/h1-2H2/p+1. The van der Waals surface area contributed by atoms with Crippen LogP contribution < -0.4 is 4.89 Å². The highest BCUT2D eigenvalue weighted by Gasteiger charge is 2.12. The first kappa shape index (κ1) is 10.0. The fourth-order valence-corrected chi connectivity index (χ4v) is 0.681. The normalized spacial score (nSPS) is 13.0. The lowest BCUT2D eigenvalue weighted by Gasteiger charge is -1.85. The lowest BCUT2D eigenvalue weighted by molar-refractivity contribution is -0.186. The smallest absolute Gasteiger partial charge is 0.566 e. The highest BCUT2D eigenvalue weighted by Crippen LogP contribution is 2.14. The lowest BCUT2D eigenvalue weighted by Crippen LogP contribution is -1.99. The van der Waals surface area contributed by atoms with Gasteiger partial charge < -0.3 is 4.89 Å². The van der Waals surface area contributed by atoms with E-state index in [-0.39, 0.29) is 13.2 Å². The molecule has 0 aliphatic heterocycles. The van der Waals surface area contributed by atoms with E-state index in [1.165, 1.54) is 0 Å². The highest BCUT2D eigenvalue weighted by atomic mass is 31.1. The second kappa shape index (κ2) is 5.80. The molecule has 0 aliphatic rings. The Kier molecular flexibility index (Phi) is 5.82. The van der Waals surface area contributed by atoms with Gasteiger partial charge in [0.2, 0.25) is 0 Å². The summed E-state index contributed by atoms with van der Waals surface area (Å²) in [4.78, 5) is 17.7. The molecule has 0 aromatic rings. The van der Waals surface area contributed by atoms with Gasteiger partial charge >= 0.3 is 16.5 Å². The summed E-state index contributed by atoms with van der Waals surface area (Å²) in [7, 11) is -5.55. The first-order valence-electron chi connectivity index (χ1n) is 2.19. The largest absolute Gasteiger partial charge is 0.694 e. The molecule has 2 unspecified atom stereocenters. The van der Waals surface area contributed by atoms with Crippen molar-refractivity contribution in [1.82, 2.24) is 0 Å². The van der Waals surface area contributed by atoms with E-state index in [4.69, 9.17) is 4.89 Å². The molecule has 10 heavy (non-hydrogen) atoms. The van der Waals surface area contributed by atoms with Crippen LogP contribution in [-0.2, 0) is 18.2 Å². The molecule has 0 saturated carbocycles. The van der Waals surface area contributed by atoms with Gasteiger partial charge in [0.1, 0.15) is 13.2 Å². The van der Waals surface area contributed by atoms with E-state index < -0.39 is 16.5 Å². The molecule has 6 nitrogen and oxygen atoms in total. The molecule has 1 N–H and O–H groups in total. The van der Waals surface area contributed by atoms with E-state index in [2.05, 4.69) is 9.05 Å². The van der Waals surface area contributed by atoms with Gasteiger partial charge in [-0.05, 0) is 4.57 Å². The fourth-order valence-electron chi connectivity index (χ4n) is 0.227. The minimum Gasteiger partial charge on any atom is -0.566 e. The monoisotopic (exact) mass is 187 g/mol. The fraction of sp³-hybridized carbons (Fsp3) is 1.00. The molecule has 0 aromatic carbocycles. The van der Waals surface area contributed by atoms with Crippen molar-refractivity contribution in [2.45, 2.75) is 0 Å². The molecule has 58 valence electrons. The van der Waals surface area contributed by atoms with Crippen LogP contribution in [0.3, 0.4) is 0 Å². The number of hydrogen-bond acceptors (Lipinski definition) is 5. The molecule has 0 spiro atoms. The van der Waals surface area contributed by atoms with Gasteiger partial charge in [0.05, 0.1) is 0 Å². The van der Waals surface area contributed by atoms with E-state index in [9.17, 15) is 14.0 Å². The second-order valence-corrected chi connectivity index (χ2v) is 2.57. The third-order valence-electron chi connectivity index (χ3n) is 0.482. The Labute approximate surface area is 58.7 Å². The van der Waals surface area contributed by atoms with Crippen LogP contribution in [0.4, 0.5) is 0 Å². The molecule has 0 saturated heterocycles. The van der Waals surface area contributed by atoms with Gasteiger partial charge in [-0.15, -0.1) is 13.9 Å². The van der Waals surface area contributed by atoms with E-state index in [1.807, 2.05) is 0 Å². The Morgan fingerprint density at radius 1 is 1.30 bits per heavy atom. The molecule has 0 rings (SSSR count). The minimum atomic E-state index is -2.89. The highest BCUT2D eigenvalue weighted by molar-refractivity contribution is 7.32. The molecule has 8 heteroatoms. The van der Waals surface area contributed by atoms with Crippen LogP contribution in [0.2, 0.25) is 0 Å². The summed E-state index contributed by atoms with van der Waals surface area (Å²) >= 11 is 0. The molecule has 0 amide bonds. The van der Waals surface area contributed by atoms with Crippen molar-refractivity contribution < 1.29 is 28.0 Å². The Balaban J connectivity index is 3.06. The zero-order valence-electron chi connectivity index (χ0n) is 4.80. The molecule has 0 radical (unpaired) electrons. The minimum absolute atomic E-state index is 0.213. The van der Waals surface area contributed by atoms with Crippen LogP contribution in [0, 0.1) is 0 Å². The summed E-state index contributed by atoms with van der Waals surface area (Å²) in [5.74, 6) is 0. The van der Waals surface area contributed by atoms with Crippen molar-refractivity contribution in [2.75, 3.05) is 13.2 Å². The first-order chi connectivity index (χ1) is 4.63. The average molecular weight is 187 g/mol. The quantitative estimate of drug-likeness (QED) is 0.468. The Morgan fingerprint density at radius 2 is 1.80 bits per heavy atom. The molecule has 0 heterocycles.